The van der Waals surface area contributed by atoms with Gasteiger partial charge in [0, 0.05) is 37.2 Å². The number of halogens is 1. The van der Waals surface area contributed by atoms with Crippen LogP contribution in [0.4, 0.5) is 0 Å². The van der Waals surface area contributed by atoms with Crippen LogP contribution in [0.5, 0.6) is 0 Å². The lowest BCUT2D eigenvalue weighted by Gasteiger charge is -2.33. The van der Waals surface area contributed by atoms with E-state index >= 15 is 0 Å². The molecule has 0 aromatic heterocycles. The predicted molar refractivity (Wildman–Crippen MR) is 101 cm³/mol. The van der Waals surface area contributed by atoms with Crippen molar-refractivity contribution in [2.75, 3.05) is 33.2 Å². The van der Waals surface area contributed by atoms with Gasteiger partial charge in [0.2, 0.25) is 5.91 Å². The highest BCUT2D eigenvalue weighted by Gasteiger charge is 2.25. The molecule has 132 valence electrons. The van der Waals surface area contributed by atoms with Crippen LogP contribution in [0.2, 0.25) is 0 Å². The van der Waals surface area contributed by atoms with Crippen LogP contribution in [-0.4, -0.2) is 55.0 Å². The van der Waals surface area contributed by atoms with Gasteiger partial charge in [-0.1, -0.05) is 34.1 Å². The number of hydrogen-bond acceptors (Lipinski definition) is 3. The topological polar surface area (TPSA) is 35.6 Å². The van der Waals surface area contributed by atoms with Gasteiger partial charge in [-0.15, -0.1) is 0 Å². The summed E-state index contributed by atoms with van der Waals surface area (Å²) in [4.78, 5) is 16.6. The molecule has 1 saturated heterocycles. The fraction of sp³-hybridized carbons (Fsp3) is 0.632. The summed E-state index contributed by atoms with van der Waals surface area (Å²) < 4.78 is 1.06. The summed E-state index contributed by atoms with van der Waals surface area (Å²) in [5.41, 5.74) is 1.15. The molecule has 0 spiro atoms. The number of likely N-dealkylation sites (N-methyl/N-ethyl adjacent to an activating group) is 1. The maximum atomic E-state index is 12.5. The van der Waals surface area contributed by atoms with Gasteiger partial charge in [-0.3, -0.25) is 9.69 Å². The second-order valence-corrected chi connectivity index (χ2v) is 8.10. The molecule has 24 heavy (non-hydrogen) atoms. The molecule has 1 aromatic rings. The van der Waals surface area contributed by atoms with E-state index in [0.717, 1.165) is 41.9 Å². The highest BCUT2D eigenvalue weighted by Crippen LogP contribution is 2.28. The van der Waals surface area contributed by atoms with E-state index in [9.17, 15) is 4.79 Å². The largest absolute Gasteiger partial charge is 0.340 e. The molecule has 0 bridgehead atoms. The number of carbonyl (C=O) groups excluding carboxylic acids is 1. The van der Waals surface area contributed by atoms with Gasteiger partial charge >= 0.3 is 0 Å². The van der Waals surface area contributed by atoms with E-state index in [1.54, 1.807) is 0 Å². The minimum absolute atomic E-state index is 0.204. The Morgan fingerprint density at radius 1 is 1.25 bits per heavy atom. The normalized spacial score (nSPS) is 19.4. The van der Waals surface area contributed by atoms with Crippen molar-refractivity contribution in [1.82, 2.24) is 15.1 Å². The van der Waals surface area contributed by atoms with Crippen molar-refractivity contribution in [3.63, 3.8) is 0 Å². The van der Waals surface area contributed by atoms with Crippen LogP contribution in [0.1, 0.15) is 31.2 Å². The van der Waals surface area contributed by atoms with Crippen molar-refractivity contribution in [3.8, 4) is 0 Å². The molecule has 5 heteroatoms. The fourth-order valence-electron chi connectivity index (χ4n) is 3.23. The lowest BCUT2D eigenvalue weighted by Crippen LogP contribution is -2.46. The summed E-state index contributed by atoms with van der Waals surface area (Å²) in [6, 6.07) is 8.74. The average molecular weight is 394 g/mol. The van der Waals surface area contributed by atoms with E-state index < -0.39 is 0 Å². The summed E-state index contributed by atoms with van der Waals surface area (Å²) in [5.74, 6) is 1.14. The fourth-order valence-corrected chi connectivity index (χ4v) is 3.64. The number of carbonyl (C=O) groups is 1. The first-order chi connectivity index (χ1) is 11.6. The molecule has 1 saturated carbocycles. The Morgan fingerprint density at radius 3 is 2.62 bits per heavy atom. The summed E-state index contributed by atoms with van der Waals surface area (Å²) in [7, 11) is 1.89. The number of likely N-dealkylation sites (tertiary alicyclic amines) is 1. The van der Waals surface area contributed by atoms with Gasteiger partial charge < -0.3 is 10.2 Å². The van der Waals surface area contributed by atoms with Gasteiger partial charge in [0.25, 0.3) is 0 Å². The average Bonchev–Trinajstić information content (AvgIpc) is 3.40. The van der Waals surface area contributed by atoms with Crippen LogP contribution in [0.3, 0.4) is 0 Å². The Bertz CT molecular complexity index is 553. The molecule has 1 aromatic carbocycles. The summed E-state index contributed by atoms with van der Waals surface area (Å²) in [6.07, 6.45) is 5.14. The highest BCUT2D eigenvalue weighted by molar-refractivity contribution is 9.10. The van der Waals surface area contributed by atoms with Crippen LogP contribution in [-0.2, 0) is 11.3 Å². The Balaban J connectivity index is 1.39. The van der Waals surface area contributed by atoms with E-state index in [0.29, 0.717) is 19.1 Å². The van der Waals surface area contributed by atoms with Crippen LogP contribution in [0.15, 0.2) is 28.7 Å². The van der Waals surface area contributed by atoms with Crippen molar-refractivity contribution in [3.05, 3.63) is 34.3 Å². The first kappa shape index (κ1) is 17.9. The van der Waals surface area contributed by atoms with Crippen LogP contribution >= 0.6 is 15.9 Å². The Labute approximate surface area is 153 Å². The van der Waals surface area contributed by atoms with Crippen LogP contribution in [0.25, 0.3) is 0 Å². The third-order valence-electron chi connectivity index (χ3n) is 5.13. The number of benzene rings is 1. The molecule has 0 unspecified atom stereocenters. The molecule has 0 radical (unpaired) electrons. The number of piperidine rings is 1. The first-order valence-electron chi connectivity index (χ1n) is 9.05. The second kappa shape index (κ2) is 8.45. The molecule has 1 aliphatic heterocycles. The Morgan fingerprint density at radius 2 is 1.96 bits per heavy atom. The molecule has 0 atom stereocenters. The van der Waals surface area contributed by atoms with E-state index in [1.165, 1.54) is 19.4 Å². The van der Waals surface area contributed by atoms with Crippen molar-refractivity contribution in [2.45, 2.75) is 38.3 Å². The Kier molecular flexibility index (Phi) is 6.31. The predicted octanol–water partition coefficient (Wildman–Crippen LogP) is 2.87. The molecule has 1 amide bonds. The van der Waals surface area contributed by atoms with Gasteiger partial charge in [-0.05, 0) is 49.8 Å². The molecule has 1 N–H and O–H groups in total. The molecule has 2 fully saturated rings. The lowest BCUT2D eigenvalue weighted by atomic mass is 10.0. The van der Waals surface area contributed by atoms with Gasteiger partial charge in [-0.2, -0.15) is 0 Å². The van der Waals surface area contributed by atoms with Crippen molar-refractivity contribution >= 4 is 21.8 Å². The molecule has 1 aliphatic carbocycles. The highest BCUT2D eigenvalue weighted by atomic mass is 79.9. The molecule has 2 aliphatic rings. The summed E-state index contributed by atoms with van der Waals surface area (Å²) in [5, 5.41) is 3.69. The number of rotatable bonds is 7. The summed E-state index contributed by atoms with van der Waals surface area (Å²) in [6.45, 7) is 4.43. The summed E-state index contributed by atoms with van der Waals surface area (Å²) >= 11 is 3.55. The van der Waals surface area contributed by atoms with Crippen molar-refractivity contribution in [1.29, 1.82) is 0 Å². The van der Waals surface area contributed by atoms with Crippen molar-refractivity contribution in [2.24, 2.45) is 5.92 Å². The van der Waals surface area contributed by atoms with E-state index in [-0.39, 0.29) is 5.91 Å². The third-order valence-corrected chi connectivity index (χ3v) is 5.90. The minimum atomic E-state index is 0.204. The van der Waals surface area contributed by atoms with Crippen molar-refractivity contribution < 1.29 is 4.79 Å². The van der Waals surface area contributed by atoms with Gasteiger partial charge in [-0.25, -0.2) is 0 Å². The zero-order valence-corrected chi connectivity index (χ0v) is 16.1. The zero-order chi connectivity index (χ0) is 16.9. The number of nitrogens with zero attached hydrogens (tertiary/aromatic N) is 2. The molecular formula is C19H28BrN3O. The van der Waals surface area contributed by atoms with E-state index in [4.69, 9.17) is 0 Å². The van der Waals surface area contributed by atoms with E-state index in [2.05, 4.69) is 32.2 Å². The smallest absolute Gasteiger partial charge is 0.236 e. The maximum Gasteiger partial charge on any atom is 0.236 e. The SMILES string of the molecule is CN(Cc1ccccc1Br)C(=O)CN1CCC(NCC2CC2)CC1. The Hall–Kier alpha value is -0.910. The quantitative estimate of drug-likeness (QED) is 0.773. The van der Waals surface area contributed by atoms with Crippen LogP contribution in [0, 0.1) is 5.92 Å². The lowest BCUT2D eigenvalue weighted by molar-refractivity contribution is -0.131. The molecular weight excluding hydrogens is 366 g/mol. The number of nitrogens with one attached hydrogen (secondary N) is 1. The van der Waals surface area contributed by atoms with E-state index in [1.807, 2.05) is 30.1 Å². The zero-order valence-electron chi connectivity index (χ0n) is 14.5. The molecule has 4 nitrogen and oxygen atoms in total. The van der Waals surface area contributed by atoms with Gasteiger partial charge in [0.1, 0.15) is 0 Å². The van der Waals surface area contributed by atoms with Crippen LogP contribution < -0.4 is 5.32 Å². The monoisotopic (exact) mass is 393 g/mol. The minimum Gasteiger partial charge on any atom is -0.340 e. The number of amides is 1. The standard InChI is InChI=1S/C19H28BrN3O/c1-22(13-16-4-2-3-5-18(16)20)19(24)14-23-10-8-17(9-11-23)21-12-15-6-7-15/h2-5,15,17,21H,6-14H2,1H3. The van der Waals surface area contributed by atoms with Gasteiger partial charge in [0.05, 0.1) is 6.54 Å². The number of hydrogen-bond donors (Lipinski definition) is 1. The molecule has 3 rings (SSSR count). The second-order valence-electron chi connectivity index (χ2n) is 7.24. The first-order valence-corrected chi connectivity index (χ1v) is 9.84. The van der Waals surface area contributed by atoms with Gasteiger partial charge in [0.15, 0.2) is 0 Å². The maximum absolute atomic E-state index is 12.5. The third kappa shape index (κ3) is 5.30. The molecule has 1 heterocycles.